The number of nitrogens with zero attached hydrogens (tertiary/aromatic N) is 3. The minimum atomic E-state index is -0.0720. The largest absolute Gasteiger partial charge is 0.396 e. The lowest BCUT2D eigenvalue weighted by Gasteiger charge is -2.19. The van der Waals surface area contributed by atoms with E-state index in [-0.39, 0.29) is 12.5 Å². The zero-order valence-corrected chi connectivity index (χ0v) is 8.90. The van der Waals surface area contributed by atoms with Crippen molar-refractivity contribution < 1.29 is 4.79 Å². The number of aromatic nitrogens is 2. The Balaban J connectivity index is 2.74. The molecule has 1 rings (SSSR count). The highest BCUT2D eigenvalue weighted by Crippen LogP contribution is 2.06. The van der Waals surface area contributed by atoms with Crippen LogP contribution in [0.3, 0.4) is 0 Å². The normalized spacial score (nSPS) is 9.73. The average Bonchev–Trinajstić information content (AvgIpc) is 2.27. The van der Waals surface area contributed by atoms with Gasteiger partial charge in [0.1, 0.15) is 0 Å². The van der Waals surface area contributed by atoms with E-state index in [9.17, 15) is 4.79 Å². The second-order valence-electron chi connectivity index (χ2n) is 3.00. The number of carbonyl (C=O) groups excluding carboxylic acids is 1. The molecule has 0 saturated heterocycles. The Kier molecular flexibility index (Phi) is 3.84. The van der Waals surface area contributed by atoms with Gasteiger partial charge in [-0.1, -0.05) is 0 Å². The zero-order chi connectivity index (χ0) is 11.3. The van der Waals surface area contributed by atoms with Crippen LogP contribution in [0.25, 0.3) is 0 Å². The van der Waals surface area contributed by atoms with Crippen molar-refractivity contribution >= 4 is 17.5 Å². The summed E-state index contributed by atoms with van der Waals surface area (Å²) in [5, 5.41) is 2.55. The van der Waals surface area contributed by atoms with Gasteiger partial charge in [0, 0.05) is 13.6 Å². The van der Waals surface area contributed by atoms with Crippen LogP contribution >= 0.6 is 0 Å². The molecule has 1 amide bonds. The molecule has 3 N–H and O–H groups in total. The van der Waals surface area contributed by atoms with E-state index in [1.165, 1.54) is 12.4 Å². The lowest BCUT2D eigenvalue weighted by molar-refractivity contribution is -0.119. The summed E-state index contributed by atoms with van der Waals surface area (Å²) in [6, 6.07) is 0. The number of hydrogen-bond donors (Lipinski definition) is 2. The maximum absolute atomic E-state index is 11.2. The second kappa shape index (κ2) is 5.14. The Labute approximate surface area is 88.5 Å². The molecule has 0 radical (unpaired) electrons. The summed E-state index contributed by atoms with van der Waals surface area (Å²) in [7, 11) is 1.60. The van der Waals surface area contributed by atoms with Gasteiger partial charge >= 0.3 is 0 Å². The number of carbonyl (C=O) groups is 1. The SMILES string of the molecule is CCN(CC(=O)NC)c1ncc(N)cn1. The Morgan fingerprint density at radius 1 is 1.53 bits per heavy atom. The quantitative estimate of drug-likeness (QED) is 0.707. The van der Waals surface area contributed by atoms with Crippen LogP contribution < -0.4 is 16.0 Å². The zero-order valence-electron chi connectivity index (χ0n) is 8.90. The number of rotatable bonds is 4. The lowest BCUT2D eigenvalue weighted by atomic mass is 10.4. The molecule has 0 bridgehead atoms. The molecule has 0 atom stereocenters. The topological polar surface area (TPSA) is 84.1 Å². The fraction of sp³-hybridized carbons (Fsp3) is 0.444. The third kappa shape index (κ3) is 3.08. The molecule has 15 heavy (non-hydrogen) atoms. The maximum Gasteiger partial charge on any atom is 0.239 e. The fourth-order valence-corrected chi connectivity index (χ4v) is 1.07. The van der Waals surface area contributed by atoms with Crippen molar-refractivity contribution in [3.63, 3.8) is 0 Å². The molecule has 0 aliphatic carbocycles. The average molecular weight is 209 g/mol. The Bertz CT molecular complexity index is 324. The van der Waals surface area contributed by atoms with Crippen molar-refractivity contribution in [1.82, 2.24) is 15.3 Å². The van der Waals surface area contributed by atoms with E-state index in [2.05, 4.69) is 15.3 Å². The van der Waals surface area contributed by atoms with Crippen LogP contribution in [-0.4, -0.2) is 36.0 Å². The minimum Gasteiger partial charge on any atom is -0.396 e. The summed E-state index contributed by atoms with van der Waals surface area (Å²) < 4.78 is 0. The molecule has 6 nitrogen and oxygen atoms in total. The van der Waals surface area contributed by atoms with Gasteiger partial charge in [-0.3, -0.25) is 4.79 Å². The fourth-order valence-electron chi connectivity index (χ4n) is 1.07. The van der Waals surface area contributed by atoms with Crippen LogP contribution in [-0.2, 0) is 4.79 Å². The Hall–Kier alpha value is -1.85. The maximum atomic E-state index is 11.2. The van der Waals surface area contributed by atoms with Gasteiger partial charge in [0.25, 0.3) is 0 Å². The van der Waals surface area contributed by atoms with E-state index in [1.54, 1.807) is 11.9 Å². The number of nitrogens with one attached hydrogen (secondary N) is 1. The number of hydrogen-bond acceptors (Lipinski definition) is 5. The van der Waals surface area contributed by atoms with Gasteiger partial charge in [-0.15, -0.1) is 0 Å². The van der Waals surface area contributed by atoms with Gasteiger partial charge in [-0.05, 0) is 6.92 Å². The molecule has 1 heterocycles. The molecule has 0 fully saturated rings. The van der Waals surface area contributed by atoms with E-state index < -0.39 is 0 Å². The Morgan fingerprint density at radius 2 is 2.13 bits per heavy atom. The van der Waals surface area contributed by atoms with E-state index in [1.807, 2.05) is 6.92 Å². The summed E-state index contributed by atoms with van der Waals surface area (Å²) in [5.41, 5.74) is 5.98. The van der Waals surface area contributed by atoms with Gasteiger partial charge in [0.15, 0.2) is 0 Å². The van der Waals surface area contributed by atoms with Gasteiger partial charge < -0.3 is 16.0 Å². The van der Waals surface area contributed by atoms with Crippen molar-refractivity contribution in [2.45, 2.75) is 6.92 Å². The molecule has 1 aromatic heterocycles. The van der Waals surface area contributed by atoms with Crippen LogP contribution in [0.2, 0.25) is 0 Å². The van der Waals surface area contributed by atoms with Crippen molar-refractivity contribution in [3.05, 3.63) is 12.4 Å². The number of nitrogen functional groups attached to an aromatic ring is 1. The van der Waals surface area contributed by atoms with E-state index >= 15 is 0 Å². The highest BCUT2D eigenvalue weighted by atomic mass is 16.1. The first-order chi connectivity index (χ1) is 7.17. The van der Waals surface area contributed by atoms with Crippen molar-refractivity contribution in [3.8, 4) is 0 Å². The Morgan fingerprint density at radius 3 is 2.60 bits per heavy atom. The van der Waals surface area contributed by atoms with Crippen LogP contribution in [0, 0.1) is 0 Å². The monoisotopic (exact) mass is 209 g/mol. The van der Waals surface area contributed by atoms with Crippen LogP contribution in [0.1, 0.15) is 6.92 Å². The van der Waals surface area contributed by atoms with Crippen LogP contribution in [0.5, 0.6) is 0 Å². The van der Waals surface area contributed by atoms with Crippen molar-refractivity contribution in [2.75, 3.05) is 30.8 Å². The first-order valence-electron chi connectivity index (χ1n) is 4.70. The summed E-state index contributed by atoms with van der Waals surface area (Å²) in [5.74, 6) is 0.438. The number of likely N-dealkylation sites (N-methyl/N-ethyl adjacent to an activating group) is 2. The summed E-state index contributed by atoms with van der Waals surface area (Å²) >= 11 is 0. The van der Waals surface area contributed by atoms with Gasteiger partial charge in [-0.25, -0.2) is 9.97 Å². The smallest absolute Gasteiger partial charge is 0.239 e. The molecule has 1 aromatic rings. The van der Waals surface area contributed by atoms with Gasteiger partial charge in [0.05, 0.1) is 24.6 Å². The predicted molar refractivity (Wildman–Crippen MR) is 58.4 cm³/mol. The molecule has 6 heteroatoms. The summed E-state index contributed by atoms with van der Waals surface area (Å²) in [6.45, 7) is 2.84. The first-order valence-corrected chi connectivity index (χ1v) is 4.70. The van der Waals surface area contributed by atoms with Crippen molar-refractivity contribution in [1.29, 1.82) is 0 Å². The van der Waals surface area contributed by atoms with Crippen LogP contribution in [0.15, 0.2) is 12.4 Å². The summed E-state index contributed by atoms with van der Waals surface area (Å²) in [4.78, 5) is 21.0. The molecular weight excluding hydrogens is 194 g/mol. The number of nitrogens with two attached hydrogens (primary N) is 1. The molecule has 0 aromatic carbocycles. The minimum absolute atomic E-state index is 0.0720. The van der Waals surface area contributed by atoms with E-state index in [0.29, 0.717) is 18.2 Å². The number of amides is 1. The van der Waals surface area contributed by atoms with E-state index in [0.717, 1.165) is 0 Å². The molecule has 0 aliphatic rings. The standard InChI is InChI=1S/C9H15N5O/c1-3-14(6-8(15)11-2)9-12-4-7(10)5-13-9/h4-5H,3,6,10H2,1-2H3,(H,11,15). The molecule has 0 saturated carbocycles. The molecule has 0 unspecified atom stereocenters. The lowest BCUT2D eigenvalue weighted by Crippen LogP contribution is -2.36. The number of anilines is 2. The highest BCUT2D eigenvalue weighted by molar-refractivity contribution is 5.80. The van der Waals surface area contributed by atoms with Gasteiger partial charge in [0.2, 0.25) is 11.9 Å². The third-order valence-electron chi connectivity index (χ3n) is 1.94. The molecule has 0 spiro atoms. The highest BCUT2D eigenvalue weighted by Gasteiger charge is 2.10. The predicted octanol–water partition coefficient (Wildman–Crippen LogP) is -0.369. The molecular formula is C9H15N5O. The third-order valence-corrected chi connectivity index (χ3v) is 1.94. The van der Waals surface area contributed by atoms with E-state index in [4.69, 9.17) is 5.73 Å². The summed E-state index contributed by atoms with van der Waals surface area (Å²) in [6.07, 6.45) is 3.05. The second-order valence-corrected chi connectivity index (χ2v) is 3.00. The first kappa shape index (κ1) is 11.2. The van der Waals surface area contributed by atoms with Crippen LogP contribution in [0.4, 0.5) is 11.6 Å². The molecule has 0 aliphatic heterocycles. The van der Waals surface area contributed by atoms with Crippen molar-refractivity contribution in [2.24, 2.45) is 0 Å². The molecule has 82 valence electrons. The van der Waals surface area contributed by atoms with Gasteiger partial charge in [-0.2, -0.15) is 0 Å².